The van der Waals surface area contributed by atoms with Crippen molar-refractivity contribution in [3.63, 3.8) is 0 Å². The molecule has 14 heavy (non-hydrogen) atoms. The Morgan fingerprint density at radius 1 is 1.00 bits per heavy atom. The van der Waals surface area contributed by atoms with Crippen molar-refractivity contribution in [3.8, 4) is 0 Å². The molecule has 0 radical (unpaired) electrons. The van der Waals surface area contributed by atoms with E-state index in [0.717, 1.165) is 24.9 Å². The molecular formula is C12H28N2. The summed E-state index contributed by atoms with van der Waals surface area (Å²) in [6.45, 7) is 17.2. The molecule has 0 aromatic carbocycles. The van der Waals surface area contributed by atoms with Crippen LogP contribution in [0.25, 0.3) is 0 Å². The average Bonchev–Trinajstić information content (AvgIpc) is 2.02. The minimum Gasteiger partial charge on any atom is -0.316 e. The van der Waals surface area contributed by atoms with Gasteiger partial charge in [-0.2, -0.15) is 0 Å². The molecule has 0 rings (SSSR count). The maximum absolute atomic E-state index is 3.38. The highest BCUT2D eigenvalue weighted by atomic mass is 15.1. The molecule has 0 saturated carbocycles. The minimum atomic E-state index is 0.773. The van der Waals surface area contributed by atoms with E-state index in [1.165, 1.54) is 19.6 Å². The Morgan fingerprint density at radius 3 is 1.86 bits per heavy atom. The van der Waals surface area contributed by atoms with E-state index < -0.39 is 0 Å². The quantitative estimate of drug-likeness (QED) is 0.604. The van der Waals surface area contributed by atoms with Gasteiger partial charge in [-0.15, -0.1) is 0 Å². The maximum Gasteiger partial charge on any atom is 0.0107 e. The van der Waals surface area contributed by atoms with Gasteiger partial charge >= 0.3 is 0 Å². The summed E-state index contributed by atoms with van der Waals surface area (Å²) in [5.41, 5.74) is 0. The molecule has 0 fully saturated rings. The Bertz CT molecular complexity index is 111. The van der Waals surface area contributed by atoms with Gasteiger partial charge in [0, 0.05) is 26.2 Å². The summed E-state index contributed by atoms with van der Waals surface area (Å²) < 4.78 is 0. The number of hydrogen-bond donors (Lipinski definition) is 1. The zero-order valence-corrected chi connectivity index (χ0v) is 10.6. The first kappa shape index (κ1) is 13.9. The first-order valence-electron chi connectivity index (χ1n) is 5.99. The fraction of sp³-hybridized carbons (Fsp3) is 1.00. The van der Waals surface area contributed by atoms with Gasteiger partial charge in [0.1, 0.15) is 0 Å². The fourth-order valence-corrected chi connectivity index (χ4v) is 1.70. The van der Waals surface area contributed by atoms with E-state index in [2.05, 4.69) is 44.8 Å². The molecule has 0 aromatic heterocycles. The van der Waals surface area contributed by atoms with Gasteiger partial charge in [-0.1, -0.05) is 34.6 Å². The lowest BCUT2D eigenvalue weighted by atomic mass is 10.1. The van der Waals surface area contributed by atoms with Crippen molar-refractivity contribution >= 4 is 0 Å². The van der Waals surface area contributed by atoms with Gasteiger partial charge in [0.2, 0.25) is 0 Å². The lowest BCUT2D eigenvalue weighted by Crippen LogP contribution is -2.36. The van der Waals surface area contributed by atoms with E-state index in [-0.39, 0.29) is 0 Å². The molecule has 0 unspecified atom stereocenters. The molecule has 0 aromatic rings. The summed E-state index contributed by atoms with van der Waals surface area (Å²) in [4.78, 5) is 2.57. The predicted molar refractivity (Wildman–Crippen MR) is 64.7 cm³/mol. The van der Waals surface area contributed by atoms with Crippen molar-refractivity contribution in [2.75, 3.05) is 32.7 Å². The van der Waals surface area contributed by atoms with Gasteiger partial charge in [-0.05, 0) is 18.4 Å². The van der Waals surface area contributed by atoms with Crippen LogP contribution in [-0.4, -0.2) is 37.6 Å². The van der Waals surface area contributed by atoms with E-state index in [9.17, 15) is 0 Å². The zero-order valence-electron chi connectivity index (χ0n) is 10.6. The van der Waals surface area contributed by atoms with E-state index in [1.807, 2.05) is 0 Å². The highest BCUT2D eigenvalue weighted by Gasteiger charge is 2.08. The Kier molecular flexibility index (Phi) is 8.20. The highest BCUT2D eigenvalue weighted by Crippen LogP contribution is 2.02. The van der Waals surface area contributed by atoms with Gasteiger partial charge in [0.05, 0.1) is 0 Å². The van der Waals surface area contributed by atoms with Crippen molar-refractivity contribution in [2.45, 2.75) is 34.6 Å². The van der Waals surface area contributed by atoms with Gasteiger partial charge in [0.15, 0.2) is 0 Å². The van der Waals surface area contributed by atoms with E-state index in [1.54, 1.807) is 0 Å². The number of hydrogen-bond acceptors (Lipinski definition) is 2. The Balaban J connectivity index is 3.72. The maximum atomic E-state index is 3.38. The van der Waals surface area contributed by atoms with Gasteiger partial charge in [0.25, 0.3) is 0 Å². The predicted octanol–water partition coefficient (Wildman–Crippen LogP) is 2.21. The topological polar surface area (TPSA) is 15.3 Å². The lowest BCUT2D eigenvalue weighted by molar-refractivity contribution is 0.220. The van der Waals surface area contributed by atoms with Crippen LogP contribution in [0.1, 0.15) is 34.6 Å². The van der Waals surface area contributed by atoms with Crippen molar-refractivity contribution in [3.05, 3.63) is 0 Å². The molecule has 0 aliphatic heterocycles. The van der Waals surface area contributed by atoms with Crippen molar-refractivity contribution < 1.29 is 0 Å². The van der Waals surface area contributed by atoms with Crippen molar-refractivity contribution in [1.29, 1.82) is 0 Å². The number of likely N-dealkylation sites (N-methyl/N-ethyl adjacent to an activating group) is 1. The molecule has 0 aliphatic rings. The number of nitrogens with zero attached hydrogens (tertiary/aromatic N) is 1. The second-order valence-electron chi connectivity index (χ2n) is 4.90. The van der Waals surface area contributed by atoms with Crippen LogP contribution in [-0.2, 0) is 0 Å². The molecule has 2 nitrogen and oxygen atoms in total. The first-order valence-corrected chi connectivity index (χ1v) is 5.99. The van der Waals surface area contributed by atoms with Crippen LogP contribution < -0.4 is 5.32 Å². The monoisotopic (exact) mass is 200 g/mol. The molecule has 0 atom stereocenters. The first-order chi connectivity index (χ1) is 6.56. The molecule has 0 bridgehead atoms. The van der Waals surface area contributed by atoms with Crippen LogP contribution in [0.4, 0.5) is 0 Å². The minimum absolute atomic E-state index is 0.773. The van der Waals surface area contributed by atoms with E-state index in [0.29, 0.717) is 0 Å². The van der Waals surface area contributed by atoms with Crippen LogP contribution in [0.2, 0.25) is 0 Å². The van der Waals surface area contributed by atoms with Crippen LogP contribution >= 0.6 is 0 Å². The number of rotatable bonds is 8. The van der Waals surface area contributed by atoms with Crippen LogP contribution in [0.5, 0.6) is 0 Å². The van der Waals surface area contributed by atoms with Gasteiger partial charge in [-0.3, -0.25) is 0 Å². The summed E-state index contributed by atoms with van der Waals surface area (Å²) in [6, 6.07) is 0. The molecule has 0 aliphatic carbocycles. The van der Waals surface area contributed by atoms with Gasteiger partial charge < -0.3 is 10.2 Å². The SMILES string of the molecule is CCNCCN(CC(C)C)CC(C)C. The molecule has 1 N–H and O–H groups in total. The van der Waals surface area contributed by atoms with Crippen LogP contribution in [0, 0.1) is 11.8 Å². The van der Waals surface area contributed by atoms with Crippen molar-refractivity contribution in [2.24, 2.45) is 11.8 Å². The second-order valence-corrected chi connectivity index (χ2v) is 4.90. The van der Waals surface area contributed by atoms with E-state index >= 15 is 0 Å². The number of nitrogens with one attached hydrogen (secondary N) is 1. The average molecular weight is 200 g/mol. The second kappa shape index (κ2) is 8.25. The normalized spacial score (nSPS) is 12.0. The molecule has 0 amide bonds. The Morgan fingerprint density at radius 2 is 1.50 bits per heavy atom. The van der Waals surface area contributed by atoms with Crippen LogP contribution in [0.15, 0.2) is 0 Å². The molecule has 0 heterocycles. The third-order valence-corrected chi connectivity index (χ3v) is 2.10. The third kappa shape index (κ3) is 8.52. The molecule has 0 saturated heterocycles. The van der Waals surface area contributed by atoms with Crippen molar-refractivity contribution in [1.82, 2.24) is 10.2 Å². The summed E-state index contributed by atoms with van der Waals surface area (Å²) in [6.07, 6.45) is 0. The Labute approximate surface area is 90.1 Å². The molecular weight excluding hydrogens is 172 g/mol. The summed E-state index contributed by atoms with van der Waals surface area (Å²) in [7, 11) is 0. The fourth-order valence-electron chi connectivity index (χ4n) is 1.70. The van der Waals surface area contributed by atoms with Crippen LogP contribution in [0.3, 0.4) is 0 Å². The van der Waals surface area contributed by atoms with Gasteiger partial charge in [-0.25, -0.2) is 0 Å². The summed E-state index contributed by atoms with van der Waals surface area (Å²) >= 11 is 0. The largest absolute Gasteiger partial charge is 0.316 e. The molecule has 0 spiro atoms. The third-order valence-electron chi connectivity index (χ3n) is 2.10. The standard InChI is InChI=1S/C12H28N2/c1-6-13-7-8-14(9-11(2)3)10-12(4)5/h11-13H,6-10H2,1-5H3. The highest BCUT2D eigenvalue weighted by molar-refractivity contribution is 4.63. The Hall–Kier alpha value is -0.0800. The van der Waals surface area contributed by atoms with E-state index in [4.69, 9.17) is 0 Å². The molecule has 86 valence electrons. The smallest absolute Gasteiger partial charge is 0.0107 e. The zero-order chi connectivity index (χ0) is 11.0. The lowest BCUT2D eigenvalue weighted by Gasteiger charge is -2.26. The summed E-state index contributed by atoms with van der Waals surface area (Å²) in [5, 5.41) is 3.38. The molecule has 2 heteroatoms. The summed E-state index contributed by atoms with van der Waals surface area (Å²) in [5.74, 6) is 1.55.